The number of carbonyl (C=O) groups excluding carboxylic acids is 4. The van der Waals surface area contributed by atoms with Crippen molar-refractivity contribution in [1.82, 2.24) is 14.7 Å². The van der Waals surface area contributed by atoms with Crippen molar-refractivity contribution in [3.63, 3.8) is 0 Å². The standard InChI is InChI=1S/C20H25N3O4/c1-13(2)12-17(20(27)22-10-8-21(9-11-22)14(3)24)23-18(25)15-6-4-5-7-16(15)19(23)26/h4-7,13,17H,8-12H2,1-3H3. The number of piperazine rings is 1. The van der Waals surface area contributed by atoms with E-state index in [2.05, 4.69) is 0 Å². The van der Waals surface area contributed by atoms with Crippen LogP contribution in [0.2, 0.25) is 0 Å². The number of carbonyl (C=O) groups is 4. The fourth-order valence-corrected chi connectivity index (χ4v) is 3.71. The van der Waals surface area contributed by atoms with E-state index in [4.69, 9.17) is 0 Å². The average Bonchev–Trinajstić information content (AvgIpc) is 2.90. The van der Waals surface area contributed by atoms with Crippen molar-refractivity contribution in [1.29, 1.82) is 0 Å². The molecule has 144 valence electrons. The summed E-state index contributed by atoms with van der Waals surface area (Å²) in [5, 5.41) is 0. The molecule has 2 heterocycles. The van der Waals surface area contributed by atoms with Gasteiger partial charge in [0.1, 0.15) is 6.04 Å². The lowest BCUT2D eigenvalue weighted by Crippen LogP contribution is -2.56. The maximum Gasteiger partial charge on any atom is 0.262 e. The molecule has 0 spiro atoms. The summed E-state index contributed by atoms with van der Waals surface area (Å²) in [5.74, 6) is -0.904. The Kier molecular flexibility index (Phi) is 5.30. The van der Waals surface area contributed by atoms with Crippen molar-refractivity contribution < 1.29 is 19.2 Å². The molecular weight excluding hydrogens is 346 g/mol. The lowest BCUT2D eigenvalue weighted by molar-refractivity contribution is -0.141. The molecule has 0 aliphatic carbocycles. The largest absolute Gasteiger partial charge is 0.339 e. The van der Waals surface area contributed by atoms with E-state index < -0.39 is 17.9 Å². The van der Waals surface area contributed by atoms with Crippen molar-refractivity contribution in [2.45, 2.75) is 33.2 Å². The van der Waals surface area contributed by atoms with Crippen LogP contribution in [0.1, 0.15) is 47.9 Å². The summed E-state index contributed by atoms with van der Waals surface area (Å²) < 4.78 is 0. The number of hydrogen-bond donors (Lipinski definition) is 0. The molecule has 1 saturated heterocycles. The minimum absolute atomic E-state index is 0.0128. The third kappa shape index (κ3) is 3.59. The third-order valence-electron chi connectivity index (χ3n) is 5.15. The number of amides is 4. The molecule has 1 fully saturated rings. The Labute approximate surface area is 158 Å². The molecule has 7 heteroatoms. The van der Waals surface area contributed by atoms with Gasteiger partial charge in [0.2, 0.25) is 11.8 Å². The van der Waals surface area contributed by atoms with E-state index in [9.17, 15) is 19.2 Å². The highest BCUT2D eigenvalue weighted by atomic mass is 16.2. The Bertz CT molecular complexity index is 746. The number of rotatable bonds is 4. The van der Waals surface area contributed by atoms with Crippen molar-refractivity contribution >= 4 is 23.6 Å². The van der Waals surface area contributed by atoms with Crippen molar-refractivity contribution in [3.8, 4) is 0 Å². The van der Waals surface area contributed by atoms with Crippen LogP contribution in [0, 0.1) is 5.92 Å². The van der Waals surface area contributed by atoms with Gasteiger partial charge in [0.05, 0.1) is 11.1 Å². The Morgan fingerprint density at radius 2 is 1.41 bits per heavy atom. The maximum atomic E-state index is 13.2. The summed E-state index contributed by atoms with van der Waals surface area (Å²) in [7, 11) is 0. The SMILES string of the molecule is CC(=O)N1CCN(C(=O)C(CC(C)C)N2C(=O)c3ccccc3C2=O)CC1. The van der Waals surface area contributed by atoms with Crippen LogP contribution in [0.4, 0.5) is 0 Å². The summed E-state index contributed by atoms with van der Waals surface area (Å²) in [6.07, 6.45) is 0.414. The van der Waals surface area contributed by atoms with Gasteiger partial charge in [-0.05, 0) is 24.5 Å². The van der Waals surface area contributed by atoms with Gasteiger partial charge in [0.15, 0.2) is 0 Å². The molecule has 0 saturated carbocycles. The van der Waals surface area contributed by atoms with E-state index in [1.54, 1.807) is 34.1 Å². The van der Waals surface area contributed by atoms with Gasteiger partial charge in [-0.2, -0.15) is 0 Å². The predicted octanol–water partition coefficient (Wildman–Crippen LogP) is 1.39. The van der Waals surface area contributed by atoms with Gasteiger partial charge in [0, 0.05) is 33.1 Å². The molecule has 1 aromatic rings. The molecule has 0 radical (unpaired) electrons. The fraction of sp³-hybridized carbons (Fsp3) is 0.500. The second kappa shape index (κ2) is 7.50. The van der Waals surface area contributed by atoms with Crippen LogP contribution in [0.15, 0.2) is 24.3 Å². The highest BCUT2D eigenvalue weighted by Crippen LogP contribution is 2.28. The van der Waals surface area contributed by atoms with Gasteiger partial charge in [-0.3, -0.25) is 24.1 Å². The molecule has 1 atom stereocenters. The second-order valence-corrected chi connectivity index (χ2v) is 7.50. The Morgan fingerprint density at radius 3 is 1.85 bits per heavy atom. The average molecular weight is 371 g/mol. The van der Waals surface area contributed by atoms with Crippen LogP contribution < -0.4 is 0 Å². The van der Waals surface area contributed by atoms with Crippen LogP contribution >= 0.6 is 0 Å². The lowest BCUT2D eigenvalue weighted by atomic mass is 10.0. The van der Waals surface area contributed by atoms with Gasteiger partial charge in [-0.1, -0.05) is 26.0 Å². The molecule has 0 bridgehead atoms. The van der Waals surface area contributed by atoms with E-state index in [1.807, 2.05) is 13.8 Å². The fourth-order valence-electron chi connectivity index (χ4n) is 3.71. The van der Waals surface area contributed by atoms with Gasteiger partial charge in [0.25, 0.3) is 11.8 Å². The van der Waals surface area contributed by atoms with Crippen LogP contribution in [0.3, 0.4) is 0 Å². The minimum Gasteiger partial charge on any atom is -0.339 e. The zero-order chi connectivity index (χ0) is 19.7. The molecule has 1 unspecified atom stereocenters. The number of hydrogen-bond acceptors (Lipinski definition) is 4. The first-order valence-corrected chi connectivity index (χ1v) is 9.32. The molecule has 4 amide bonds. The normalized spacial score (nSPS) is 18.1. The highest BCUT2D eigenvalue weighted by molar-refractivity contribution is 6.22. The molecule has 2 aliphatic rings. The zero-order valence-corrected chi connectivity index (χ0v) is 16.0. The minimum atomic E-state index is -0.818. The monoisotopic (exact) mass is 371 g/mol. The van der Waals surface area contributed by atoms with Crippen LogP contribution in [0.25, 0.3) is 0 Å². The molecule has 7 nitrogen and oxygen atoms in total. The molecular formula is C20H25N3O4. The van der Waals surface area contributed by atoms with Crippen LogP contribution in [0.5, 0.6) is 0 Å². The van der Waals surface area contributed by atoms with Crippen molar-refractivity contribution in [3.05, 3.63) is 35.4 Å². The van der Waals surface area contributed by atoms with E-state index in [-0.39, 0.29) is 17.7 Å². The summed E-state index contributed by atoms with van der Waals surface area (Å²) in [6.45, 7) is 7.21. The van der Waals surface area contributed by atoms with Crippen LogP contribution in [-0.2, 0) is 9.59 Å². The summed E-state index contributed by atoms with van der Waals surface area (Å²) in [4.78, 5) is 54.9. The number of nitrogens with zero attached hydrogens (tertiary/aromatic N) is 3. The molecule has 3 rings (SSSR count). The summed E-state index contributed by atoms with van der Waals surface area (Å²) in [6, 6.07) is 5.86. The molecule has 2 aliphatic heterocycles. The molecule has 27 heavy (non-hydrogen) atoms. The molecule has 0 N–H and O–H groups in total. The molecule has 1 aromatic carbocycles. The van der Waals surface area contributed by atoms with Crippen LogP contribution in [-0.4, -0.2) is 70.5 Å². The van der Waals surface area contributed by atoms with E-state index in [1.165, 1.54) is 6.92 Å². The van der Waals surface area contributed by atoms with Gasteiger partial charge >= 0.3 is 0 Å². The Balaban J connectivity index is 1.83. The zero-order valence-electron chi connectivity index (χ0n) is 16.0. The first-order valence-electron chi connectivity index (χ1n) is 9.32. The quantitative estimate of drug-likeness (QED) is 0.750. The third-order valence-corrected chi connectivity index (χ3v) is 5.15. The van der Waals surface area contributed by atoms with Crippen molar-refractivity contribution in [2.75, 3.05) is 26.2 Å². The maximum absolute atomic E-state index is 13.2. The van der Waals surface area contributed by atoms with E-state index >= 15 is 0 Å². The lowest BCUT2D eigenvalue weighted by Gasteiger charge is -2.37. The summed E-state index contributed by atoms with van der Waals surface area (Å²) >= 11 is 0. The Morgan fingerprint density at radius 1 is 0.926 bits per heavy atom. The number of fused-ring (bicyclic) bond motifs is 1. The Hall–Kier alpha value is -2.70. The molecule has 0 aromatic heterocycles. The number of imide groups is 1. The first kappa shape index (κ1) is 19.1. The smallest absolute Gasteiger partial charge is 0.262 e. The second-order valence-electron chi connectivity index (χ2n) is 7.50. The topological polar surface area (TPSA) is 78.0 Å². The predicted molar refractivity (Wildman–Crippen MR) is 99.0 cm³/mol. The summed E-state index contributed by atoms with van der Waals surface area (Å²) in [5.41, 5.74) is 0.705. The van der Waals surface area contributed by atoms with E-state index in [0.717, 1.165) is 4.90 Å². The number of benzene rings is 1. The van der Waals surface area contributed by atoms with Gasteiger partial charge < -0.3 is 9.80 Å². The van der Waals surface area contributed by atoms with E-state index in [0.29, 0.717) is 43.7 Å². The highest BCUT2D eigenvalue weighted by Gasteiger charge is 2.44. The van der Waals surface area contributed by atoms with Gasteiger partial charge in [-0.15, -0.1) is 0 Å². The van der Waals surface area contributed by atoms with Crippen molar-refractivity contribution in [2.24, 2.45) is 5.92 Å². The van der Waals surface area contributed by atoms with Gasteiger partial charge in [-0.25, -0.2) is 0 Å². The first-order chi connectivity index (χ1) is 12.8.